The molecule has 0 saturated carbocycles. The zero-order valence-electron chi connectivity index (χ0n) is 11.5. The molecule has 1 fully saturated rings. The first-order chi connectivity index (χ1) is 9.32. The Hall–Kier alpha value is -0.500. The van der Waals surface area contributed by atoms with Crippen LogP contribution in [0.3, 0.4) is 0 Å². The second-order valence-electron chi connectivity index (χ2n) is 5.16. The molecule has 0 bridgehead atoms. The van der Waals surface area contributed by atoms with E-state index in [0.29, 0.717) is 13.1 Å². The summed E-state index contributed by atoms with van der Waals surface area (Å²) in [6.45, 7) is 3.89. The Bertz CT molecular complexity index is 594. The van der Waals surface area contributed by atoms with Gasteiger partial charge in [-0.1, -0.05) is 0 Å². The Morgan fingerprint density at radius 2 is 2.05 bits per heavy atom. The molecule has 20 heavy (non-hydrogen) atoms. The minimum Gasteiger partial charge on any atom is -0.305 e. The molecule has 112 valence electrons. The first kappa shape index (κ1) is 15.9. The molecule has 0 spiro atoms. The van der Waals surface area contributed by atoms with E-state index in [1.165, 1.54) is 16.4 Å². The van der Waals surface area contributed by atoms with Gasteiger partial charge in [-0.05, 0) is 61.1 Å². The van der Waals surface area contributed by atoms with Crippen LogP contribution in [0.4, 0.5) is 4.39 Å². The van der Waals surface area contributed by atoms with Crippen LogP contribution in [0.2, 0.25) is 0 Å². The Morgan fingerprint density at radius 3 is 2.70 bits per heavy atom. The fourth-order valence-corrected chi connectivity index (χ4v) is 4.40. The summed E-state index contributed by atoms with van der Waals surface area (Å²) in [5.74, 6) is -0.564. The van der Waals surface area contributed by atoms with E-state index >= 15 is 0 Å². The van der Waals surface area contributed by atoms with Gasteiger partial charge in [0.15, 0.2) is 0 Å². The van der Waals surface area contributed by atoms with E-state index in [2.05, 4.69) is 20.8 Å². The summed E-state index contributed by atoms with van der Waals surface area (Å²) >= 11 is 3.03. The summed E-state index contributed by atoms with van der Waals surface area (Å²) in [4.78, 5) is 2.12. The molecule has 0 aliphatic carbocycles. The highest BCUT2D eigenvalue weighted by atomic mass is 79.9. The number of sulfonamides is 1. The fraction of sp³-hybridized carbons (Fsp3) is 0.538. The first-order valence-electron chi connectivity index (χ1n) is 6.48. The molecule has 1 aromatic rings. The van der Waals surface area contributed by atoms with Gasteiger partial charge < -0.3 is 4.90 Å². The number of nitrogens with zero attached hydrogens (tertiary/aromatic N) is 2. The van der Waals surface area contributed by atoms with Crippen molar-refractivity contribution in [3.05, 3.63) is 28.5 Å². The molecule has 2 rings (SSSR count). The molecule has 1 aliphatic rings. The van der Waals surface area contributed by atoms with E-state index in [4.69, 9.17) is 0 Å². The Morgan fingerprint density at radius 1 is 1.35 bits per heavy atom. The molecule has 0 N–H and O–H groups in total. The van der Waals surface area contributed by atoms with Crippen LogP contribution in [0, 0.1) is 5.82 Å². The van der Waals surface area contributed by atoms with Crippen molar-refractivity contribution in [1.29, 1.82) is 0 Å². The summed E-state index contributed by atoms with van der Waals surface area (Å²) in [7, 11) is -1.67. The molecule has 1 saturated heterocycles. The van der Waals surface area contributed by atoms with Gasteiger partial charge in [-0.15, -0.1) is 0 Å². The minimum absolute atomic E-state index is 0.00889. The lowest BCUT2D eigenvalue weighted by Gasteiger charge is -2.27. The monoisotopic (exact) mass is 364 g/mol. The summed E-state index contributed by atoms with van der Waals surface area (Å²) in [5.41, 5.74) is 0. The molecular weight excluding hydrogens is 347 g/mol. The highest BCUT2D eigenvalue weighted by Crippen LogP contribution is 2.24. The molecule has 4 nitrogen and oxygen atoms in total. The van der Waals surface area contributed by atoms with Gasteiger partial charge in [0.25, 0.3) is 0 Å². The number of hydrogen-bond donors (Lipinski definition) is 0. The molecular formula is C13H18BrFN2O2S. The van der Waals surface area contributed by atoms with Crippen LogP contribution >= 0.6 is 15.9 Å². The smallest absolute Gasteiger partial charge is 0.243 e. The van der Waals surface area contributed by atoms with Gasteiger partial charge in [0.1, 0.15) is 5.82 Å². The number of benzene rings is 1. The van der Waals surface area contributed by atoms with Gasteiger partial charge in [-0.2, -0.15) is 4.31 Å². The van der Waals surface area contributed by atoms with E-state index < -0.39 is 15.8 Å². The Labute approximate surface area is 127 Å². The molecule has 1 aliphatic heterocycles. The van der Waals surface area contributed by atoms with Gasteiger partial charge >= 0.3 is 0 Å². The molecule has 0 amide bonds. The maximum absolute atomic E-state index is 13.6. The Kier molecular flexibility index (Phi) is 4.84. The largest absolute Gasteiger partial charge is 0.305 e. The van der Waals surface area contributed by atoms with Crippen molar-refractivity contribution in [3.63, 3.8) is 0 Å². The van der Waals surface area contributed by atoms with E-state index in [0.717, 1.165) is 19.0 Å². The minimum atomic E-state index is -3.65. The van der Waals surface area contributed by atoms with Crippen LogP contribution in [-0.4, -0.2) is 50.3 Å². The van der Waals surface area contributed by atoms with Gasteiger partial charge in [-0.25, -0.2) is 12.8 Å². The van der Waals surface area contributed by atoms with Crippen molar-refractivity contribution in [2.75, 3.05) is 26.7 Å². The number of hydrogen-bond acceptors (Lipinski definition) is 3. The van der Waals surface area contributed by atoms with E-state index in [1.54, 1.807) is 0 Å². The standard InChI is InChI=1S/C13H18BrFN2O2S/c1-10-9-16(2)6-3-7-17(10)20(18,19)11-4-5-12(14)13(15)8-11/h4-5,8,10H,3,6-7,9H2,1-2H3. The molecule has 1 heterocycles. The third-order valence-corrected chi connectivity index (χ3v) is 6.14. The zero-order chi connectivity index (χ0) is 14.9. The van der Waals surface area contributed by atoms with Gasteiger partial charge in [0.2, 0.25) is 10.0 Å². The molecule has 7 heteroatoms. The second-order valence-corrected chi connectivity index (χ2v) is 7.90. The lowest BCUT2D eigenvalue weighted by Crippen LogP contribution is -2.41. The summed E-state index contributed by atoms with van der Waals surface area (Å²) < 4.78 is 40.6. The molecule has 0 aromatic heterocycles. The highest BCUT2D eigenvalue weighted by Gasteiger charge is 2.31. The lowest BCUT2D eigenvalue weighted by atomic mass is 10.3. The van der Waals surface area contributed by atoms with Crippen LogP contribution in [0.25, 0.3) is 0 Å². The summed E-state index contributed by atoms with van der Waals surface area (Å²) in [6.07, 6.45) is 0.777. The normalized spacial score (nSPS) is 22.7. The van der Waals surface area contributed by atoms with Crippen molar-refractivity contribution in [2.45, 2.75) is 24.3 Å². The van der Waals surface area contributed by atoms with Crippen LogP contribution in [0.1, 0.15) is 13.3 Å². The quantitative estimate of drug-likeness (QED) is 0.808. The van der Waals surface area contributed by atoms with Crippen molar-refractivity contribution in [3.8, 4) is 0 Å². The zero-order valence-corrected chi connectivity index (χ0v) is 13.9. The topological polar surface area (TPSA) is 40.6 Å². The lowest BCUT2D eigenvalue weighted by molar-refractivity contribution is 0.290. The van der Waals surface area contributed by atoms with Gasteiger partial charge in [-0.3, -0.25) is 0 Å². The van der Waals surface area contributed by atoms with Crippen molar-refractivity contribution in [2.24, 2.45) is 0 Å². The van der Waals surface area contributed by atoms with E-state index in [1.807, 2.05) is 14.0 Å². The van der Waals surface area contributed by atoms with Gasteiger partial charge in [0, 0.05) is 19.1 Å². The fourth-order valence-electron chi connectivity index (χ4n) is 2.48. The first-order valence-corrected chi connectivity index (χ1v) is 8.71. The average Bonchev–Trinajstić information content (AvgIpc) is 2.53. The van der Waals surface area contributed by atoms with E-state index in [-0.39, 0.29) is 15.4 Å². The summed E-state index contributed by atoms with van der Waals surface area (Å²) in [6, 6.07) is 3.81. The predicted octanol–water partition coefficient (Wildman–Crippen LogP) is 2.30. The van der Waals surface area contributed by atoms with E-state index in [9.17, 15) is 12.8 Å². The average molecular weight is 365 g/mol. The second kappa shape index (κ2) is 6.09. The van der Waals surface area contributed by atoms with Crippen molar-refractivity contribution < 1.29 is 12.8 Å². The highest BCUT2D eigenvalue weighted by molar-refractivity contribution is 9.10. The maximum Gasteiger partial charge on any atom is 0.243 e. The number of likely N-dealkylation sites (N-methyl/N-ethyl adjacent to an activating group) is 1. The molecule has 1 unspecified atom stereocenters. The third-order valence-electron chi connectivity index (χ3n) is 3.48. The van der Waals surface area contributed by atoms with Crippen molar-refractivity contribution >= 4 is 26.0 Å². The number of rotatable bonds is 2. The summed E-state index contributed by atoms with van der Waals surface area (Å²) in [5, 5.41) is 0. The maximum atomic E-state index is 13.6. The predicted molar refractivity (Wildman–Crippen MR) is 79.6 cm³/mol. The van der Waals surface area contributed by atoms with Crippen LogP contribution in [-0.2, 0) is 10.0 Å². The molecule has 1 atom stereocenters. The molecule has 0 radical (unpaired) electrons. The molecule has 1 aromatic carbocycles. The van der Waals surface area contributed by atoms with Crippen LogP contribution in [0.5, 0.6) is 0 Å². The van der Waals surface area contributed by atoms with Crippen molar-refractivity contribution in [1.82, 2.24) is 9.21 Å². The van der Waals surface area contributed by atoms with Crippen LogP contribution < -0.4 is 0 Å². The Balaban J connectivity index is 2.35. The SMILES string of the molecule is CC1CN(C)CCCN1S(=O)(=O)c1ccc(Br)c(F)c1. The third kappa shape index (κ3) is 3.21. The van der Waals surface area contributed by atoms with Gasteiger partial charge in [0.05, 0.1) is 9.37 Å². The number of halogens is 2. The van der Waals surface area contributed by atoms with Crippen LogP contribution in [0.15, 0.2) is 27.6 Å².